The van der Waals surface area contributed by atoms with Gasteiger partial charge in [0.15, 0.2) is 0 Å². The van der Waals surface area contributed by atoms with Gasteiger partial charge in [0.1, 0.15) is 18.3 Å². The van der Waals surface area contributed by atoms with Gasteiger partial charge in [0.2, 0.25) is 0 Å². The predicted octanol–water partition coefficient (Wildman–Crippen LogP) is -0.493. The Morgan fingerprint density at radius 2 is 2.19 bits per heavy atom. The normalized spacial score (nSPS) is 14.9. The Hall–Kier alpha value is -1.25. The summed E-state index contributed by atoms with van der Waals surface area (Å²) in [6, 6.07) is 1.41. The third-order valence-corrected chi connectivity index (χ3v) is 3.23. The first-order valence-corrected chi connectivity index (χ1v) is 8.20. The molecule has 0 aromatic carbocycles. The predicted molar refractivity (Wildman–Crippen MR) is 75.6 cm³/mol. The zero-order chi connectivity index (χ0) is 16.0. The second-order valence-corrected chi connectivity index (χ2v) is 6.23. The van der Waals surface area contributed by atoms with E-state index >= 15 is 0 Å². The number of nitrogens with zero attached hydrogens (tertiary/aromatic N) is 2. The van der Waals surface area contributed by atoms with E-state index in [9.17, 15) is 14.5 Å². The SMILES string of the molecule is CCCC(O)C(Cn1ccc(N)nc1=O)OCP(=O)(O)O. The van der Waals surface area contributed by atoms with Gasteiger partial charge in [-0.1, -0.05) is 13.3 Å². The summed E-state index contributed by atoms with van der Waals surface area (Å²) in [6.45, 7) is 1.77. The Morgan fingerprint density at radius 1 is 1.52 bits per heavy atom. The van der Waals surface area contributed by atoms with Gasteiger partial charge >= 0.3 is 13.3 Å². The second kappa shape index (κ2) is 7.67. The number of ether oxygens (including phenoxy) is 1. The van der Waals surface area contributed by atoms with Gasteiger partial charge in [-0.05, 0) is 12.5 Å². The molecule has 0 aliphatic rings. The minimum atomic E-state index is -4.36. The maximum Gasteiger partial charge on any atom is 0.350 e. The lowest BCUT2D eigenvalue weighted by Gasteiger charge is -2.24. The average Bonchev–Trinajstić information content (AvgIpc) is 2.35. The lowest BCUT2D eigenvalue weighted by molar-refractivity contribution is -0.0370. The number of hydrogen-bond donors (Lipinski definition) is 4. The molecular formula is C11H20N3O6P. The smallest absolute Gasteiger partial charge is 0.350 e. The summed E-state index contributed by atoms with van der Waals surface area (Å²) in [5.41, 5.74) is 4.75. The van der Waals surface area contributed by atoms with Crippen molar-refractivity contribution in [2.24, 2.45) is 0 Å². The summed E-state index contributed by atoms with van der Waals surface area (Å²) in [5, 5.41) is 9.97. The van der Waals surface area contributed by atoms with Gasteiger partial charge in [0.05, 0.1) is 12.6 Å². The highest BCUT2D eigenvalue weighted by molar-refractivity contribution is 7.51. The first-order chi connectivity index (χ1) is 9.73. The van der Waals surface area contributed by atoms with Crippen LogP contribution in [-0.4, -0.2) is 43.0 Å². The maximum atomic E-state index is 11.6. The molecule has 1 heterocycles. The molecule has 0 spiro atoms. The molecule has 0 bridgehead atoms. The van der Waals surface area contributed by atoms with Crippen molar-refractivity contribution in [3.05, 3.63) is 22.7 Å². The lowest BCUT2D eigenvalue weighted by Crippen LogP contribution is -2.37. The molecule has 0 radical (unpaired) electrons. The molecule has 1 aromatic heterocycles. The van der Waals surface area contributed by atoms with Crippen LogP contribution < -0.4 is 11.4 Å². The molecule has 21 heavy (non-hydrogen) atoms. The first kappa shape index (κ1) is 17.8. The van der Waals surface area contributed by atoms with Crippen molar-refractivity contribution >= 4 is 13.4 Å². The van der Waals surface area contributed by atoms with E-state index in [-0.39, 0.29) is 12.4 Å². The Morgan fingerprint density at radius 3 is 2.71 bits per heavy atom. The van der Waals surface area contributed by atoms with Gasteiger partial charge in [-0.2, -0.15) is 4.98 Å². The Bertz CT molecular complexity index is 557. The quantitative estimate of drug-likeness (QED) is 0.469. The molecule has 1 aromatic rings. The van der Waals surface area contributed by atoms with E-state index in [0.717, 1.165) is 0 Å². The minimum absolute atomic E-state index is 0.0676. The highest BCUT2D eigenvalue weighted by atomic mass is 31.2. The Kier molecular flexibility index (Phi) is 6.50. The number of aromatic nitrogens is 2. The topological polar surface area (TPSA) is 148 Å². The van der Waals surface area contributed by atoms with Crippen LogP contribution in [0.3, 0.4) is 0 Å². The zero-order valence-corrected chi connectivity index (χ0v) is 12.5. The van der Waals surface area contributed by atoms with Gasteiger partial charge < -0.3 is 25.4 Å². The molecule has 9 nitrogen and oxygen atoms in total. The summed E-state index contributed by atoms with van der Waals surface area (Å²) in [4.78, 5) is 32.9. The molecule has 0 fully saturated rings. The number of anilines is 1. The number of nitrogens with two attached hydrogens (primary N) is 1. The highest BCUT2D eigenvalue weighted by Crippen LogP contribution is 2.34. The van der Waals surface area contributed by atoms with Gasteiger partial charge in [-0.25, -0.2) is 4.79 Å². The van der Waals surface area contributed by atoms with Crippen LogP contribution in [0.5, 0.6) is 0 Å². The van der Waals surface area contributed by atoms with Crippen LogP contribution in [0.25, 0.3) is 0 Å². The summed E-state index contributed by atoms with van der Waals surface area (Å²) in [6.07, 6.45) is -0.284. The molecule has 2 unspecified atom stereocenters. The highest BCUT2D eigenvalue weighted by Gasteiger charge is 2.24. The fourth-order valence-electron chi connectivity index (χ4n) is 1.73. The Labute approximate surface area is 121 Å². The second-order valence-electron chi connectivity index (χ2n) is 4.64. The molecule has 0 amide bonds. The molecule has 0 aliphatic heterocycles. The van der Waals surface area contributed by atoms with Crippen LogP contribution in [0.15, 0.2) is 17.1 Å². The molecule has 120 valence electrons. The molecule has 0 aliphatic carbocycles. The standard InChI is InChI=1S/C11H20N3O6P/c1-2-3-8(15)9(20-7-21(17,18)19)6-14-5-4-10(12)13-11(14)16/h4-5,8-9,15H,2-3,6-7H2,1H3,(H2,12,13,16)(H2,17,18,19). The van der Waals surface area contributed by atoms with Crippen LogP contribution in [0.1, 0.15) is 19.8 Å². The molecular weight excluding hydrogens is 301 g/mol. The first-order valence-electron chi connectivity index (χ1n) is 6.40. The molecule has 1 rings (SSSR count). The summed E-state index contributed by atoms with van der Waals surface area (Å²) >= 11 is 0. The van der Waals surface area contributed by atoms with Gasteiger partial charge in [0.25, 0.3) is 0 Å². The number of aliphatic hydroxyl groups is 1. The van der Waals surface area contributed by atoms with Crippen molar-refractivity contribution < 1.29 is 24.2 Å². The van der Waals surface area contributed by atoms with Crippen molar-refractivity contribution in [1.29, 1.82) is 0 Å². The lowest BCUT2D eigenvalue weighted by atomic mass is 10.1. The van der Waals surface area contributed by atoms with E-state index in [4.69, 9.17) is 20.3 Å². The summed E-state index contributed by atoms with van der Waals surface area (Å²) < 4.78 is 17.1. The minimum Gasteiger partial charge on any atom is -0.390 e. The largest absolute Gasteiger partial charge is 0.390 e. The molecule has 0 saturated carbocycles. The van der Waals surface area contributed by atoms with E-state index in [1.54, 1.807) is 0 Å². The third-order valence-electron chi connectivity index (χ3n) is 2.74. The van der Waals surface area contributed by atoms with E-state index in [2.05, 4.69) is 4.98 Å². The molecule has 5 N–H and O–H groups in total. The molecule has 10 heteroatoms. The number of hydrogen-bond acceptors (Lipinski definition) is 6. The van der Waals surface area contributed by atoms with E-state index in [1.807, 2.05) is 6.92 Å². The van der Waals surface area contributed by atoms with E-state index in [1.165, 1.54) is 16.8 Å². The van der Waals surface area contributed by atoms with Crippen molar-refractivity contribution in [3.63, 3.8) is 0 Å². The Balaban J connectivity index is 2.85. The summed E-state index contributed by atoms with van der Waals surface area (Å²) in [5.74, 6) is 0.0676. The summed E-state index contributed by atoms with van der Waals surface area (Å²) in [7, 11) is -4.36. The van der Waals surface area contributed by atoms with Crippen LogP contribution in [-0.2, 0) is 15.8 Å². The van der Waals surface area contributed by atoms with Crippen molar-refractivity contribution in [2.45, 2.75) is 38.5 Å². The number of aliphatic hydroxyl groups excluding tert-OH is 1. The average molecular weight is 321 g/mol. The van der Waals surface area contributed by atoms with Crippen molar-refractivity contribution in [1.82, 2.24) is 9.55 Å². The monoisotopic (exact) mass is 321 g/mol. The van der Waals surface area contributed by atoms with Crippen LogP contribution in [0.2, 0.25) is 0 Å². The molecule has 2 atom stereocenters. The maximum absolute atomic E-state index is 11.6. The number of nitrogen functional groups attached to an aromatic ring is 1. The van der Waals surface area contributed by atoms with Crippen molar-refractivity contribution in [2.75, 3.05) is 12.1 Å². The third kappa shape index (κ3) is 6.36. The van der Waals surface area contributed by atoms with Crippen LogP contribution >= 0.6 is 7.60 Å². The fourth-order valence-corrected chi connectivity index (χ4v) is 2.12. The molecule has 0 saturated heterocycles. The van der Waals surface area contributed by atoms with E-state index < -0.39 is 31.8 Å². The zero-order valence-electron chi connectivity index (χ0n) is 11.6. The van der Waals surface area contributed by atoms with Crippen LogP contribution in [0, 0.1) is 0 Å². The fraction of sp³-hybridized carbons (Fsp3) is 0.636. The van der Waals surface area contributed by atoms with Crippen LogP contribution in [0.4, 0.5) is 5.82 Å². The van der Waals surface area contributed by atoms with Gasteiger partial charge in [0, 0.05) is 6.20 Å². The number of rotatable bonds is 8. The van der Waals surface area contributed by atoms with Gasteiger partial charge in [-0.3, -0.25) is 9.13 Å². The van der Waals surface area contributed by atoms with E-state index in [0.29, 0.717) is 12.8 Å². The van der Waals surface area contributed by atoms with Crippen molar-refractivity contribution in [3.8, 4) is 0 Å². The van der Waals surface area contributed by atoms with Gasteiger partial charge in [-0.15, -0.1) is 0 Å².